The van der Waals surface area contributed by atoms with Gasteiger partial charge >= 0.3 is 0 Å². The van der Waals surface area contributed by atoms with E-state index in [2.05, 4.69) is 27.5 Å². The Morgan fingerprint density at radius 1 is 1.56 bits per heavy atom. The fourth-order valence-electron chi connectivity index (χ4n) is 1.37. The van der Waals surface area contributed by atoms with Crippen LogP contribution in [0.15, 0.2) is 15.4 Å². The van der Waals surface area contributed by atoms with Gasteiger partial charge in [-0.2, -0.15) is 15.3 Å². The highest BCUT2D eigenvalue weighted by atomic mass is 16.1. The Hall–Kier alpha value is -1.83. The Kier molecular flexibility index (Phi) is 9.28. The number of amides is 1. The molecule has 0 saturated carbocycles. The Morgan fingerprint density at radius 2 is 2.28 bits per heavy atom. The number of unbranched alkanes of at least 4 members (excludes halogenated alkanes) is 1. The van der Waals surface area contributed by atoms with Gasteiger partial charge in [0, 0.05) is 6.72 Å². The van der Waals surface area contributed by atoms with Gasteiger partial charge in [-0.3, -0.25) is 9.59 Å². The summed E-state index contributed by atoms with van der Waals surface area (Å²) in [5.74, 6) is -0.195. The molecule has 0 aromatic rings. The van der Waals surface area contributed by atoms with Gasteiger partial charge in [-0.15, -0.1) is 0 Å². The van der Waals surface area contributed by atoms with Crippen molar-refractivity contribution in [2.24, 2.45) is 21.2 Å². The topological polar surface area (TPSA) is 113 Å². The van der Waals surface area contributed by atoms with Crippen LogP contribution in [-0.4, -0.2) is 50.2 Å². The van der Waals surface area contributed by atoms with Gasteiger partial charge < -0.3 is 11.1 Å². The fourth-order valence-corrected chi connectivity index (χ4v) is 1.37. The van der Waals surface area contributed by atoms with Crippen molar-refractivity contribution in [1.82, 2.24) is 10.4 Å². The van der Waals surface area contributed by atoms with Crippen molar-refractivity contribution in [3.8, 4) is 0 Å². The number of carbonyl (C=O) groups is 2. The third-order valence-electron chi connectivity index (χ3n) is 2.26. The Labute approximate surface area is 106 Å². The van der Waals surface area contributed by atoms with Crippen LogP contribution in [0.1, 0.15) is 19.3 Å². The molecule has 0 aliphatic carbocycles. The van der Waals surface area contributed by atoms with Crippen LogP contribution in [0.25, 0.3) is 0 Å². The maximum Gasteiger partial charge on any atom is 0.207 e. The maximum atomic E-state index is 11.9. The van der Waals surface area contributed by atoms with E-state index in [1.165, 1.54) is 7.05 Å². The minimum Gasteiger partial charge on any atom is -0.349 e. The van der Waals surface area contributed by atoms with Crippen molar-refractivity contribution < 1.29 is 9.59 Å². The van der Waals surface area contributed by atoms with Crippen molar-refractivity contribution in [3.05, 3.63) is 0 Å². The molecule has 0 bridgehead atoms. The normalized spacial score (nSPS) is 12.1. The number of hydrogen-bond acceptors (Lipinski definition) is 6. The van der Waals surface area contributed by atoms with Gasteiger partial charge in [0.25, 0.3) is 0 Å². The average Bonchev–Trinajstić information content (AvgIpc) is 2.37. The molecule has 0 radical (unpaired) electrons. The second kappa shape index (κ2) is 10.3. The zero-order valence-corrected chi connectivity index (χ0v) is 10.6. The predicted octanol–water partition coefficient (Wildman–Crippen LogP) is -0.286. The molecule has 0 unspecified atom stereocenters. The first-order valence-electron chi connectivity index (χ1n) is 5.66. The lowest BCUT2D eigenvalue weighted by Gasteiger charge is -2.17. The van der Waals surface area contributed by atoms with E-state index in [9.17, 15) is 9.59 Å². The van der Waals surface area contributed by atoms with E-state index in [-0.39, 0.29) is 12.3 Å². The number of rotatable bonds is 11. The summed E-state index contributed by atoms with van der Waals surface area (Å²) in [5.41, 5.74) is 5.37. The lowest BCUT2D eigenvalue weighted by atomic mass is 10.1. The summed E-state index contributed by atoms with van der Waals surface area (Å²) in [6.45, 7) is 3.76. The van der Waals surface area contributed by atoms with Gasteiger partial charge in [-0.1, -0.05) is 5.22 Å². The third kappa shape index (κ3) is 6.69. The van der Waals surface area contributed by atoms with Crippen LogP contribution in [0.4, 0.5) is 0 Å². The summed E-state index contributed by atoms with van der Waals surface area (Å²) >= 11 is 0. The summed E-state index contributed by atoms with van der Waals surface area (Å²) in [7, 11) is 1.46. The molecular weight excluding hydrogens is 236 g/mol. The summed E-state index contributed by atoms with van der Waals surface area (Å²) < 4.78 is 0. The summed E-state index contributed by atoms with van der Waals surface area (Å²) in [4.78, 5) is 22.3. The van der Waals surface area contributed by atoms with Gasteiger partial charge in [0.05, 0.1) is 13.1 Å². The number of hydrogen-bond donors (Lipinski definition) is 2. The first kappa shape index (κ1) is 16.2. The van der Waals surface area contributed by atoms with E-state index < -0.39 is 6.04 Å². The number of nitrogens with one attached hydrogen (secondary N) is 1. The third-order valence-corrected chi connectivity index (χ3v) is 2.26. The van der Waals surface area contributed by atoms with Crippen molar-refractivity contribution in [3.63, 3.8) is 0 Å². The van der Waals surface area contributed by atoms with Crippen LogP contribution < -0.4 is 11.1 Å². The van der Waals surface area contributed by atoms with E-state index in [1.54, 1.807) is 0 Å². The molecule has 1 atom stereocenters. The maximum absolute atomic E-state index is 11.9. The van der Waals surface area contributed by atoms with Crippen LogP contribution in [0, 0.1) is 0 Å². The van der Waals surface area contributed by atoms with Crippen LogP contribution in [-0.2, 0) is 9.59 Å². The Balaban J connectivity index is 4.35. The van der Waals surface area contributed by atoms with Crippen molar-refractivity contribution in [2.75, 3.05) is 20.1 Å². The largest absolute Gasteiger partial charge is 0.349 e. The van der Waals surface area contributed by atoms with Gasteiger partial charge in [0.2, 0.25) is 6.41 Å². The molecule has 18 heavy (non-hydrogen) atoms. The zero-order valence-electron chi connectivity index (χ0n) is 10.6. The quantitative estimate of drug-likeness (QED) is 0.174. The molecule has 0 aromatic carbocycles. The highest BCUT2D eigenvalue weighted by Crippen LogP contribution is 2.03. The molecule has 0 aliphatic rings. The minimum atomic E-state index is -0.551. The molecule has 3 N–H and O–H groups in total. The highest BCUT2D eigenvalue weighted by Gasteiger charge is 2.19. The highest BCUT2D eigenvalue weighted by molar-refractivity contribution is 5.87. The number of hydrazone groups is 1. The van der Waals surface area contributed by atoms with Crippen molar-refractivity contribution in [2.45, 2.75) is 25.3 Å². The smallest absolute Gasteiger partial charge is 0.207 e. The number of carbonyl (C=O) groups excluding carboxylic acids is 2. The number of nitrogens with two attached hydrogens (primary N) is 1. The Morgan fingerprint density at radius 3 is 2.78 bits per heavy atom. The van der Waals surface area contributed by atoms with Gasteiger partial charge in [-0.25, -0.2) is 0 Å². The molecule has 0 fully saturated rings. The van der Waals surface area contributed by atoms with Crippen LogP contribution in [0.3, 0.4) is 0 Å². The van der Waals surface area contributed by atoms with Crippen LogP contribution in [0.5, 0.6) is 0 Å². The fraction of sp³-hybridized carbons (Fsp3) is 0.700. The average molecular weight is 256 g/mol. The predicted molar refractivity (Wildman–Crippen MR) is 67.9 cm³/mol. The van der Waals surface area contributed by atoms with Crippen LogP contribution in [0.2, 0.25) is 0 Å². The van der Waals surface area contributed by atoms with Gasteiger partial charge in [0.15, 0.2) is 5.78 Å². The van der Waals surface area contributed by atoms with E-state index in [0.29, 0.717) is 19.4 Å². The zero-order chi connectivity index (χ0) is 13.8. The first-order valence-corrected chi connectivity index (χ1v) is 5.66. The lowest BCUT2D eigenvalue weighted by Crippen LogP contribution is -2.40. The minimum absolute atomic E-state index is 0.0744. The van der Waals surface area contributed by atoms with Gasteiger partial charge in [-0.05, 0) is 25.8 Å². The molecule has 0 heterocycles. The monoisotopic (exact) mass is 256 g/mol. The molecule has 0 spiro atoms. The molecule has 8 nitrogen and oxygen atoms in total. The number of nitrogens with zero attached hydrogens (tertiary/aromatic N) is 4. The van der Waals surface area contributed by atoms with Crippen molar-refractivity contribution >= 4 is 18.9 Å². The lowest BCUT2D eigenvalue weighted by molar-refractivity contribution is -0.124. The molecule has 0 rings (SSSR count). The number of ketones is 1. The summed E-state index contributed by atoms with van der Waals surface area (Å²) in [6.07, 6.45) is 2.63. The molecule has 0 aliphatic heterocycles. The first-order chi connectivity index (χ1) is 8.69. The van der Waals surface area contributed by atoms with Crippen molar-refractivity contribution in [1.29, 1.82) is 0 Å². The summed E-state index contributed by atoms with van der Waals surface area (Å²) in [6, 6.07) is -0.551. The van der Waals surface area contributed by atoms with E-state index >= 15 is 0 Å². The second-order valence-electron chi connectivity index (χ2n) is 3.55. The molecule has 8 heteroatoms. The standard InChI is InChI=1S/C10H20N6O2/c1-12-15-16(13-2)7-10(18)9(14-8-17)5-3-4-6-11/h8-9H,2-7,11H2,1H3,(H,14,17)/t9-/m0/s1. The SMILES string of the molecule is C=NN(CC(=O)[C@H](CCCCN)NC=O)N=NC. The summed E-state index contributed by atoms with van der Waals surface area (Å²) in [5, 5.41) is 14.2. The Bertz CT molecular complexity index is 294. The molecule has 0 aromatic heterocycles. The molecule has 0 saturated heterocycles. The van der Waals surface area contributed by atoms with E-state index in [0.717, 1.165) is 18.0 Å². The number of Topliss-reactive ketones (excluding diaryl/α,β-unsaturated/α-hetero) is 1. The van der Waals surface area contributed by atoms with Crippen LogP contribution >= 0.6 is 0 Å². The van der Waals surface area contributed by atoms with E-state index in [1.807, 2.05) is 0 Å². The molecule has 102 valence electrons. The molecule has 1 amide bonds. The molecular formula is C10H20N6O2. The van der Waals surface area contributed by atoms with Gasteiger partial charge in [0.1, 0.15) is 6.54 Å². The second-order valence-corrected chi connectivity index (χ2v) is 3.55. The van der Waals surface area contributed by atoms with E-state index in [4.69, 9.17) is 5.73 Å².